The zero-order valence-corrected chi connectivity index (χ0v) is 15.9. The van der Waals surface area contributed by atoms with Crippen LogP contribution in [0.2, 0.25) is 0 Å². The maximum absolute atomic E-state index is 12.5. The summed E-state index contributed by atoms with van der Waals surface area (Å²) >= 11 is 2.98. The van der Waals surface area contributed by atoms with Crippen molar-refractivity contribution in [3.63, 3.8) is 0 Å². The summed E-state index contributed by atoms with van der Waals surface area (Å²) in [7, 11) is 1.38. The molecule has 3 rings (SSSR count). The van der Waals surface area contributed by atoms with Gasteiger partial charge >= 0.3 is 6.61 Å². The fourth-order valence-electron chi connectivity index (χ4n) is 2.37. The second kappa shape index (κ2) is 8.92. The molecular weight excluding hydrogens is 394 g/mol. The molecule has 1 aromatic carbocycles. The molecule has 0 aliphatic heterocycles. The molecule has 142 valence electrons. The minimum absolute atomic E-state index is 0.0313. The third-order valence-corrected chi connectivity index (χ3v) is 5.22. The number of nitrogens with zero attached hydrogens (tertiary/aromatic N) is 1. The monoisotopic (exact) mass is 410 g/mol. The number of methoxy groups -OCH3 is 1. The molecule has 0 saturated carbocycles. The number of carbonyl (C=O) groups is 1. The van der Waals surface area contributed by atoms with Crippen molar-refractivity contribution in [2.45, 2.75) is 13.0 Å². The van der Waals surface area contributed by atoms with Crippen LogP contribution in [0.3, 0.4) is 0 Å². The number of benzene rings is 1. The second-order valence-electron chi connectivity index (χ2n) is 5.42. The van der Waals surface area contributed by atoms with Crippen LogP contribution < -0.4 is 14.8 Å². The Hall–Kier alpha value is -2.52. The molecule has 0 aliphatic carbocycles. The van der Waals surface area contributed by atoms with Gasteiger partial charge in [0.2, 0.25) is 0 Å². The van der Waals surface area contributed by atoms with Gasteiger partial charge in [-0.05, 0) is 35.6 Å². The highest BCUT2D eigenvalue weighted by Gasteiger charge is 2.13. The van der Waals surface area contributed by atoms with Crippen LogP contribution in [0.5, 0.6) is 11.5 Å². The minimum atomic E-state index is -2.93. The van der Waals surface area contributed by atoms with Crippen LogP contribution in [0.25, 0.3) is 10.6 Å². The molecule has 9 heteroatoms. The lowest BCUT2D eigenvalue weighted by molar-refractivity contribution is -0.0512. The van der Waals surface area contributed by atoms with Gasteiger partial charge in [0.05, 0.1) is 7.11 Å². The number of alkyl halides is 2. The van der Waals surface area contributed by atoms with Crippen LogP contribution in [0, 0.1) is 0 Å². The maximum Gasteiger partial charge on any atom is 0.387 e. The lowest BCUT2D eigenvalue weighted by Gasteiger charge is -2.11. The topological polar surface area (TPSA) is 60.5 Å². The smallest absolute Gasteiger partial charge is 0.387 e. The molecule has 0 radical (unpaired) electrons. The number of halogens is 2. The summed E-state index contributed by atoms with van der Waals surface area (Å²) in [6.07, 6.45) is 0.455. The number of nitrogens with one attached hydrogen (secondary N) is 1. The quantitative estimate of drug-likeness (QED) is 0.596. The Morgan fingerprint density at radius 2 is 2.11 bits per heavy atom. The van der Waals surface area contributed by atoms with Crippen molar-refractivity contribution in [2.75, 3.05) is 13.7 Å². The largest absolute Gasteiger partial charge is 0.493 e. The van der Waals surface area contributed by atoms with Crippen LogP contribution in [-0.4, -0.2) is 31.2 Å². The van der Waals surface area contributed by atoms with E-state index in [0.717, 1.165) is 16.1 Å². The Kier molecular flexibility index (Phi) is 6.36. The Balaban J connectivity index is 1.57. The third-order valence-electron chi connectivity index (χ3n) is 3.65. The molecule has 2 aromatic heterocycles. The molecule has 0 spiro atoms. The minimum Gasteiger partial charge on any atom is -0.493 e. The average molecular weight is 410 g/mol. The Morgan fingerprint density at radius 1 is 1.26 bits per heavy atom. The highest BCUT2D eigenvalue weighted by atomic mass is 32.1. The fraction of sp³-hybridized carbons (Fsp3) is 0.222. The highest BCUT2D eigenvalue weighted by molar-refractivity contribution is 7.14. The predicted octanol–water partition coefficient (Wildman–Crippen LogP) is 4.45. The second-order valence-corrected chi connectivity index (χ2v) is 7.06. The van der Waals surface area contributed by atoms with E-state index in [-0.39, 0.29) is 17.4 Å². The van der Waals surface area contributed by atoms with E-state index in [1.54, 1.807) is 28.8 Å². The zero-order chi connectivity index (χ0) is 19.2. The molecule has 2 heterocycles. The number of ether oxygens (including phenoxy) is 2. The van der Waals surface area contributed by atoms with Crippen LogP contribution in [0.1, 0.15) is 16.1 Å². The van der Waals surface area contributed by atoms with Crippen molar-refractivity contribution in [2.24, 2.45) is 0 Å². The molecule has 0 unspecified atom stereocenters. The van der Waals surface area contributed by atoms with Gasteiger partial charge in [0.1, 0.15) is 10.7 Å². The van der Waals surface area contributed by atoms with Crippen molar-refractivity contribution >= 4 is 28.6 Å². The lowest BCUT2D eigenvalue weighted by Crippen LogP contribution is -2.26. The molecule has 3 aromatic rings. The van der Waals surface area contributed by atoms with E-state index >= 15 is 0 Å². The summed E-state index contributed by atoms with van der Waals surface area (Å²) < 4.78 is 34.4. The predicted molar refractivity (Wildman–Crippen MR) is 101 cm³/mol. The van der Waals surface area contributed by atoms with Gasteiger partial charge in [0.15, 0.2) is 11.5 Å². The summed E-state index contributed by atoms with van der Waals surface area (Å²) in [5.74, 6) is -0.0759. The van der Waals surface area contributed by atoms with E-state index in [1.165, 1.54) is 24.5 Å². The van der Waals surface area contributed by atoms with Crippen LogP contribution >= 0.6 is 22.7 Å². The third kappa shape index (κ3) is 5.01. The number of thiazole rings is 1. The first-order valence-electron chi connectivity index (χ1n) is 7.95. The van der Waals surface area contributed by atoms with Crippen LogP contribution in [-0.2, 0) is 6.42 Å². The van der Waals surface area contributed by atoms with E-state index < -0.39 is 6.61 Å². The molecule has 0 aliphatic rings. The highest BCUT2D eigenvalue weighted by Crippen LogP contribution is 2.29. The summed E-state index contributed by atoms with van der Waals surface area (Å²) in [6, 6.07) is 6.73. The average Bonchev–Trinajstić information content (AvgIpc) is 3.33. The molecular formula is C18H16F2N2O3S2. The van der Waals surface area contributed by atoms with Crippen LogP contribution in [0.15, 0.2) is 40.4 Å². The Morgan fingerprint density at radius 3 is 2.81 bits per heavy atom. The van der Waals surface area contributed by atoms with Gasteiger partial charge in [-0.2, -0.15) is 20.1 Å². The number of amides is 1. The van der Waals surface area contributed by atoms with Crippen LogP contribution in [0.4, 0.5) is 8.78 Å². The number of hydrogen-bond donors (Lipinski definition) is 1. The normalized spacial score (nSPS) is 10.8. The number of carbonyl (C=O) groups excluding carboxylic acids is 1. The molecule has 0 fully saturated rings. The SMILES string of the molecule is COc1ccc(CCNC(=O)c2csc(-c3ccsc3)n2)cc1OC(F)F. The first kappa shape index (κ1) is 19.2. The van der Waals surface area contributed by atoms with E-state index in [1.807, 2.05) is 16.8 Å². The Labute approximate surface area is 162 Å². The molecule has 5 nitrogen and oxygen atoms in total. The molecule has 27 heavy (non-hydrogen) atoms. The number of aromatic nitrogens is 1. The van der Waals surface area contributed by atoms with E-state index in [4.69, 9.17) is 4.74 Å². The summed E-state index contributed by atoms with van der Waals surface area (Å²) in [6.45, 7) is -2.60. The first-order valence-corrected chi connectivity index (χ1v) is 9.77. The van der Waals surface area contributed by atoms with Crippen molar-refractivity contribution < 1.29 is 23.0 Å². The van der Waals surface area contributed by atoms with E-state index in [0.29, 0.717) is 18.7 Å². The van der Waals surface area contributed by atoms with E-state index in [9.17, 15) is 13.6 Å². The molecule has 1 amide bonds. The van der Waals surface area contributed by atoms with Crippen molar-refractivity contribution in [3.05, 3.63) is 51.7 Å². The molecule has 0 bridgehead atoms. The van der Waals surface area contributed by atoms with Gasteiger partial charge in [-0.1, -0.05) is 6.07 Å². The van der Waals surface area contributed by atoms with Gasteiger partial charge in [-0.3, -0.25) is 4.79 Å². The lowest BCUT2D eigenvalue weighted by atomic mass is 10.1. The van der Waals surface area contributed by atoms with E-state index in [2.05, 4.69) is 15.0 Å². The van der Waals surface area contributed by atoms with Gasteiger partial charge in [-0.25, -0.2) is 4.98 Å². The van der Waals surface area contributed by atoms with Gasteiger partial charge in [0, 0.05) is 22.9 Å². The fourth-order valence-corrected chi connectivity index (χ4v) is 3.88. The van der Waals surface area contributed by atoms with Crippen molar-refractivity contribution in [1.82, 2.24) is 10.3 Å². The van der Waals surface area contributed by atoms with Crippen molar-refractivity contribution in [3.8, 4) is 22.1 Å². The van der Waals surface area contributed by atoms with Crippen molar-refractivity contribution in [1.29, 1.82) is 0 Å². The Bertz CT molecular complexity index is 898. The number of rotatable bonds is 8. The van der Waals surface area contributed by atoms with Gasteiger partial charge < -0.3 is 14.8 Å². The number of thiophene rings is 1. The van der Waals surface area contributed by atoms with Gasteiger partial charge in [-0.15, -0.1) is 11.3 Å². The summed E-state index contributed by atoms with van der Waals surface area (Å²) in [5, 5.41) is 9.22. The maximum atomic E-state index is 12.5. The first-order chi connectivity index (χ1) is 13.1. The molecule has 1 N–H and O–H groups in total. The number of hydrogen-bond acceptors (Lipinski definition) is 6. The summed E-state index contributed by atoms with van der Waals surface area (Å²) in [5.41, 5.74) is 2.09. The zero-order valence-electron chi connectivity index (χ0n) is 14.3. The standard InChI is InChI=1S/C18H16F2N2O3S2/c1-24-14-3-2-11(8-15(14)25-18(19)20)4-6-21-16(23)13-10-27-17(22-13)12-5-7-26-9-12/h2-3,5,7-10,18H,4,6H2,1H3,(H,21,23). The molecule has 0 atom stereocenters. The summed E-state index contributed by atoms with van der Waals surface area (Å²) in [4.78, 5) is 16.6. The molecule has 0 saturated heterocycles. The van der Waals surface area contributed by atoms with Gasteiger partial charge in [0.25, 0.3) is 5.91 Å².